The van der Waals surface area contributed by atoms with E-state index in [2.05, 4.69) is 10.3 Å². The fourth-order valence-corrected chi connectivity index (χ4v) is 2.84. The molecule has 1 aromatic carbocycles. The van der Waals surface area contributed by atoms with Gasteiger partial charge in [-0.25, -0.2) is 4.98 Å². The summed E-state index contributed by atoms with van der Waals surface area (Å²) in [6.07, 6.45) is 2.23. The number of halogens is 3. The average Bonchev–Trinajstić information content (AvgIpc) is 3.02. The molecule has 0 radical (unpaired) electrons. The van der Waals surface area contributed by atoms with Crippen molar-refractivity contribution in [3.63, 3.8) is 0 Å². The van der Waals surface area contributed by atoms with Crippen molar-refractivity contribution in [1.29, 1.82) is 0 Å². The molecule has 1 atom stereocenters. The van der Waals surface area contributed by atoms with E-state index >= 15 is 0 Å². The summed E-state index contributed by atoms with van der Waals surface area (Å²) >= 11 is 0. The first-order valence-corrected chi connectivity index (χ1v) is 8.32. The van der Waals surface area contributed by atoms with Crippen molar-refractivity contribution in [2.45, 2.75) is 32.5 Å². The van der Waals surface area contributed by atoms with Crippen LogP contribution in [0.15, 0.2) is 53.9 Å². The zero-order valence-corrected chi connectivity index (χ0v) is 14.8. The van der Waals surface area contributed by atoms with Crippen molar-refractivity contribution in [1.82, 2.24) is 9.55 Å². The molecule has 1 amide bonds. The lowest BCUT2D eigenvalue weighted by Gasteiger charge is -2.19. The molecular formula is C19H19F3N4O. The van der Waals surface area contributed by atoms with Gasteiger partial charge < -0.3 is 15.6 Å². The molecule has 142 valence electrons. The Morgan fingerprint density at radius 1 is 1.26 bits per heavy atom. The average molecular weight is 376 g/mol. The summed E-state index contributed by atoms with van der Waals surface area (Å²) in [5, 5.41) is 2.56. The SMILES string of the molecule is CC1=CC=C(C(=O)Nc2cc(-n3ccnc3C)cc(C(F)(F)F)c2)CC1N. The van der Waals surface area contributed by atoms with Gasteiger partial charge in [0.1, 0.15) is 5.82 Å². The third-order valence-electron chi connectivity index (χ3n) is 4.47. The Morgan fingerprint density at radius 2 is 2.00 bits per heavy atom. The molecule has 0 fully saturated rings. The summed E-state index contributed by atoms with van der Waals surface area (Å²) in [5.74, 6) is 0.0648. The highest BCUT2D eigenvalue weighted by molar-refractivity contribution is 6.04. The Bertz CT molecular complexity index is 941. The Balaban J connectivity index is 1.95. The van der Waals surface area contributed by atoms with Gasteiger partial charge in [0.2, 0.25) is 0 Å². The molecule has 1 unspecified atom stereocenters. The van der Waals surface area contributed by atoms with Gasteiger partial charge in [-0.3, -0.25) is 4.79 Å². The number of anilines is 1. The van der Waals surface area contributed by atoms with E-state index in [4.69, 9.17) is 5.73 Å². The van der Waals surface area contributed by atoms with Crippen LogP contribution in [-0.2, 0) is 11.0 Å². The van der Waals surface area contributed by atoms with Gasteiger partial charge >= 0.3 is 6.18 Å². The highest BCUT2D eigenvalue weighted by Gasteiger charge is 2.32. The van der Waals surface area contributed by atoms with Crippen LogP contribution in [0.4, 0.5) is 18.9 Å². The number of aryl methyl sites for hydroxylation is 1. The lowest BCUT2D eigenvalue weighted by Crippen LogP contribution is -2.28. The van der Waals surface area contributed by atoms with Gasteiger partial charge in [0.25, 0.3) is 5.91 Å². The fourth-order valence-electron chi connectivity index (χ4n) is 2.84. The van der Waals surface area contributed by atoms with Crippen LogP contribution in [0.2, 0.25) is 0 Å². The molecule has 1 heterocycles. The third kappa shape index (κ3) is 4.11. The molecule has 3 rings (SSSR count). The largest absolute Gasteiger partial charge is 0.416 e. The molecule has 0 spiro atoms. The number of nitrogens with one attached hydrogen (secondary N) is 1. The Morgan fingerprint density at radius 3 is 2.59 bits per heavy atom. The summed E-state index contributed by atoms with van der Waals surface area (Å²) in [6, 6.07) is 3.14. The van der Waals surface area contributed by atoms with Crippen LogP contribution in [0.25, 0.3) is 5.69 Å². The zero-order chi connectivity index (χ0) is 19.8. The first kappa shape index (κ1) is 18.9. The molecule has 0 bridgehead atoms. The molecule has 0 saturated heterocycles. The van der Waals surface area contributed by atoms with E-state index in [9.17, 15) is 18.0 Å². The van der Waals surface area contributed by atoms with E-state index in [0.29, 0.717) is 17.8 Å². The number of hydrogen-bond acceptors (Lipinski definition) is 3. The number of rotatable bonds is 3. The van der Waals surface area contributed by atoms with E-state index in [0.717, 1.165) is 17.7 Å². The summed E-state index contributed by atoms with van der Waals surface area (Å²) in [7, 11) is 0. The predicted molar refractivity (Wildman–Crippen MR) is 96.4 cm³/mol. The maximum absolute atomic E-state index is 13.3. The van der Waals surface area contributed by atoms with Crippen molar-refractivity contribution in [2.75, 3.05) is 5.32 Å². The number of imidazole rings is 1. The van der Waals surface area contributed by atoms with Gasteiger partial charge in [-0.05, 0) is 38.5 Å². The van der Waals surface area contributed by atoms with E-state index < -0.39 is 17.6 Å². The molecule has 1 aromatic heterocycles. The molecule has 1 aliphatic rings. The zero-order valence-electron chi connectivity index (χ0n) is 14.8. The molecular weight excluding hydrogens is 357 g/mol. The first-order valence-electron chi connectivity index (χ1n) is 8.32. The molecule has 27 heavy (non-hydrogen) atoms. The highest BCUT2D eigenvalue weighted by Crippen LogP contribution is 2.33. The molecule has 2 aromatic rings. The Labute approximate surface area is 154 Å². The van der Waals surface area contributed by atoms with Crippen LogP contribution in [0.5, 0.6) is 0 Å². The highest BCUT2D eigenvalue weighted by atomic mass is 19.4. The Hall–Kier alpha value is -2.87. The van der Waals surface area contributed by atoms with Gasteiger partial charge in [-0.15, -0.1) is 0 Å². The van der Waals surface area contributed by atoms with Crippen LogP contribution in [-0.4, -0.2) is 21.5 Å². The van der Waals surface area contributed by atoms with E-state index in [-0.39, 0.29) is 17.4 Å². The fraction of sp³-hybridized carbons (Fsp3) is 0.263. The number of carbonyl (C=O) groups excluding carboxylic acids is 1. The molecule has 0 saturated carbocycles. The quantitative estimate of drug-likeness (QED) is 0.857. The first-order chi connectivity index (χ1) is 12.6. The number of nitrogens with zero attached hydrogens (tertiary/aromatic N) is 2. The van der Waals surface area contributed by atoms with Gasteiger partial charge in [-0.1, -0.05) is 17.7 Å². The van der Waals surface area contributed by atoms with Gasteiger partial charge in [0, 0.05) is 35.4 Å². The summed E-state index contributed by atoms with van der Waals surface area (Å²) in [5.41, 5.74) is 6.77. The standard InChI is InChI=1S/C19H19F3N4O/c1-11-3-4-13(7-17(11)23)18(27)25-15-8-14(19(20,21)22)9-16(10-15)26-6-5-24-12(26)2/h3-6,8-10,17H,7,23H2,1-2H3,(H,25,27). The topological polar surface area (TPSA) is 72.9 Å². The Kier molecular flexibility index (Phi) is 4.93. The van der Waals surface area contributed by atoms with Crippen LogP contribution >= 0.6 is 0 Å². The number of amides is 1. The lowest BCUT2D eigenvalue weighted by atomic mass is 9.94. The van der Waals surface area contributed by atoms with E-state index in [1.807, 2.05) is 6.92 Å². The number of allylic oxidation sites excluding steroid dienone is 2. The second-order valence-corrected chi connectivity index (χ2v) is 6.48. The van der Waals surface area contributed by atoms with Crippen molar-refractivity contribution < 1.29 is 18.0 Å². The molecule has 1 aliphatic carbocycles. The monoisotopic (exact) mass is 376 g/mol. The van der Waals surface area contributed by atoms with Gasteiger partial charge in [0.15, 0.2) is 0 Å². The van der Waals surface area contributed by atoms with E-state index in [1.165, 1.54) is 16.8 Å². The van der Waals surface area contributed by atoms with Gasteiger partial charge in [0.05, 0.1) is 5.56 Å². The minimum absolute atomic E-state index is 0.0543. The maximum atomic E-state index is 13.3. The summed E-state index contributed by atoms with van der Waals surface area (Å²) in [6.45, 7) is 3.55. The molecule has 8 heteroatoms. The summed E-state index contributed by atoms with van der Waals surface area (Å²) in [4.78, 5) is 16.5. The lowest BCUT2D eigenvalue weighted by molar-refractivity contribution is -0.137. The predicted octanol–water partition coefficient (Wildman–Crippen LogP) is 3.74. The van der Waals surface area contributed by atoms with Crippen molar-refractivity contribution in [3.05, 3.63) is 65.3 Å². The van der Waals surface area contributed by atoms with Crippen molar-refractivity contribution in [3.8, 4) is 5.69 Å². The van der Waals surface area contributed by atoms with Crippen LogP contribution in [0, 0.1) is 6.92 Å². The van der Waals surface area contributed by atoms with Crippen LogP contribution < -0.4 is 11.1 Å². The minimum atomic E-state index is -4.55. The normalized spacial score (nSPS) is 17.3. The maximum Gasteiger partial charge on any atom is 0.416 e. The molecule has 0 aliphatic heterocycles. The minimum Gasteiger partial charge on any atom is -0.324 e. The number of aromatic nitrogens is 2. The summed E-state index contributed by atoms with van der Waals surface area (Å²) < 4.78 is 41.4. The van der Waals surface area contributed by atoms with E-state index in [1.54, 1.807) is 25.3 Å². The third-order valence-corrected chi connectivity index (χ3v) is 4.47. The van der Waals surface area contributed by atoms with Crippen LogP contribution in [0.1, 0.15) is 24.7 Å². The molecule has 3 N–H and O–H groups in total. The number of carbonyl (C=O) groups is 1. The second-order valence-electron chi connectivity index (χ2n) is 6.48. The van der Waals surface area contributed by atoms with Crippen LogP contribution in [0.3, 0.4) is 0 Å². The van der Waals surface area contributed by atoms with Crippen molar-refractivity contribution >= 4 is 11.6 Å². The number of hydrogen-bond donors (Lipinski definition) is 2. The second kappa shape index (κ2) is 7.03. The van der Waals surface area contributed by atoms with Gasteiger partial charge in [-0.2, -0.15) is 13.2 Å². The number of benzene rings is 1. The van der Waals surface area contributed by atoms with Crippen molar-refractivity contribution in [2.24, 2.45) is 5.73 Å². The molecule has 5 nitrogen and oxygen atoms in total. The number of nitrogens with two attached hydrogens (primary N) is 1. The smallest absolute Gasteiger partial charge is 0.324 e. The number of alkyl halides is 3.